The van der Waals surface area contributed by atoms with Gasteiger partial charge in [0.1, 0.15) is 41.3 Å². The average Bonchev–Trinajstić information content (AvgIpc) is 3.76. The maximum absolute atomic E-state index is 15.9. The van der Waals surface area contributed by atoms with Gasteiger partial charge in [-0.1, -0.05) is 71.9 Å². The molecule has 0 radical (unpaired) electrons. The van der Waals surface area contributed by atoms with E-state index in [1.54, 1.807) is 71.6 Å². The van der Waals surface area contributed by atoms with Crippen LogP contribution in [0.4, 0.5) is 18.0 Å². The monoisotopic (exact) mass is 936 g/mol. The van der Waals surface area contributed by atoms with Gasteiger partial charge >= 0.3 is 18.0 Å². The molecule has 2 aliphatic rings. The highest BCUT2D eigenvalue weighted by atomic mass is 19.1. The van der Waals surface area contributed by atoms with Gasteiger partial charge in [-0.3, -0.25) is 9.69 Å². The molecule has 2 atom stereocenters. The lowest BCUT2D eigenvalue weighted by Crippen LogP contribution is -2.57. The number of hydrogen-bond donors (Lipinski definition) is 1. The number of nitrogens with zero attached hydrogens (tertiary/aromatic N) is 4. The van der Waals surface area contributed by atoms with Crippen molar-refractivity contribution in [2.75, 3.05) is 26.3 Å². The molecule has 7 aromatic rings. The third-order valence-electron chi connectivity index (χ3n) is 12.0. The predicted octanol–water partition coefficient (Wildman–Crippen LogP) is 8.32. The molecule has 0 bridgehead atoms. The third-order valence-corrected chi connectivity index (χ3v) is 12.0. The van der Waals surface area contributed by atoms with E-state index >= 15 is 13.2 Å². The first-order valence-corrected chi connectivity index (χ1v) is 21.6. The van der Waals surface area contributed by atoms with Crippen LogP contribution >= 0.6 is 0 Å². The molecule has 0 spiro atoms. The fourth-order valence-electron chi connectivity index (χ4n) is 8.97. The van der Waals surface area contributed by atoms with Crippen molar-refractivity contribution >= 4 is 34.9 Å². The van der Waals surface area contributed by atoms with E-state index in [2.05, 4.69) is 5.16 Å². The third kappa shape index (κ3) is 9.11. The van der Waals surface area contributed by atoms with Crippen molar-refractivity contribution in [1.82, 2.24) is 15.0 Å². The zero-order chi connectivity index (χ0) is 48.2. The molecule has 1 aromatic heterocycles. The molecule has 14 nitrogen and oxygen atoms in total. The molecule has 1 N–H and O–H groups in total. The van der Waals surface area contributed by atoms with Gasteiger partial charge in [0, 0.05) is 35.7 Å². The Morgan fingerprint density at radius 1 is 0.783 bits per heavy atom. The number of carbonyl (C=O) groups is 4. The van der Waals surface area contributed by atoms with E-state index in [0.717, 1.165) is 28.7 Å². The molecule has 0 aliphatic carbocycles. The quantitative estimate of drug-likeness (QED) is 0.109. The number of hydrogen-bond acceptors (Lipinski definition) is 11. The van der Waals surface area contributed by atoms with Crippen LogP contribution in [0.1, 0.15) is 56.2 Å². The number of esters is 1. The normalized spacial score (nSPS) is 16.2. The number of nitriles is 1. The topological polar surface area (TPSA) is 182 Å². The number of para-hydroxylation sites is 1. The lowest BCUT2D eigenvalue weighted by Gasteiger charge is -2.46. The van der Waals surface area contributed by atoms with Crippen molar-refractivity contribution in [2.45, 2.75) is 37.6 Å². The highest BCUT2D eigenvalue weighted by Gasteiger charge is 2.54. The summed E-state index contributed by atoms with van der Waals surface area (Å²) in [4.78, 5) is 57.8. The molecule has 2 unspecified atom stereocenters. The number of carboxylic acids is 1. The molecule has 9 rings (SSSR count). The van der Waals surface area contributed by atoms with E-state index < -0.39 is 72.6 Å². The van der Waals surface area contributed by atoms with Gasteiger partial charge in [0.25, 0.3) is 0 Å². The lowest BCUT2D eigenvalue weighted by molar-refractivity contribution is -0.179. The van der Waals surface area contributed by atoms with Crippen LogP contribution in [0.25, 0.3) is 11.0 Å². The summed E-state index contributed by atoms with van der Waals surface area (Å²) < 4.78 is 76.3. The smallest absolute Gasteiger partial charge is 0.413 e. The Labute approximate surface area is 391 Å². The van der Waals surface area contributed by atoms with Gasteiger partial charge in [-0.15, -0.1) is 0 Å². The van der Waals surface area contributed by atoms with Gasteiger partial charge < -0.3 is 33.5 Å². The SMILES string of the molecule is N#Cc1ccc(OCC(=O)O)c(C2(OC(=O)COc3ccc(F)cc3C3c4ccccc4CCN3C(=O)Cc3noc4ccccc34)c3cc(F)cc(F)c3CCN2C(=O)OCc2ccccc2)c1. The molecule has 2 aliphatic heterocycles. The highest BCUT2D eigenvalue weighted by Crippen LogP contribution is 2.48. The second-order valence-corrected chi connectivity index (χ2v) is 16.2. The summed E-state index contributed by atoms with van der Waals surface area (Å²) >= 11 is 0. The van der Waals surface area contributed by atoms with Gasteiger partial charge in [0.15, 0.2) is 18.8 Å². The number of aliphatic carboxylic acids is 1. The van der Waals surface area contributed by atoms with E-state index in [1.807, 2.05) is 18.2 Å². The Morgan fingerprint density at radius 2 is 1.54 bits per heavy atom. The second kappa shape index (κ2) is 19.3. The predicted molar refractivity (Wildman–Crippen MR) is 238 cm³/mol. The van der Waals surface area contributed by atoms with Crippen molar-refractivity contribution in [3.05, 3.63) is 195 Å². The number of halogens is 3. The lowest BCUT2D eigenvalue weighted by atomic mass is 9.83. The van der Waals surface area contributed by atoms with Crippen molar-refractivity contribution < 1.29 is 60.9 Å². The molecule has 0 fully saturated rings. The van der Waals surface area contributed by atoms with E-state index in [4.69, 9.17) is 23.5 Å². The summed E-state index contributed by atoms with van der Waals surface area (Å²) in [7, 11) is 0. The average molecular weight is 937 g/mol. The zero-order valence-electron chi connectivity index (χ0n) is 36.4. The molecule has 69 heavy (non-hydrogen) atoms. The first kappa shape index (κ1) is 45.5. The number of rotatable bonds is 13. The van der Waals surface area contributed by atoms with E-state index in [-0.39, 0.29) is 65.7 Å². The number of aromatic nitrogens is 1. The van der Waals surface area contributed by atoms with Crippen LogP contribution in [-0.2, 0) is 55.5 Å². The number of benzene rings is 6. The summed E-state index contributed by atoms with van der Waals surface area (Å²) in [6.07, 6.45) is -1.05. The first-order valence-electron chi connectivity index (χ1n) is 21.6. The first-order chi connectivity index (χ1) is 33.4. The number of fused-ring (bicyclic) bond motifs is 3. The van der Waals surface area contributed by atoms with E-state index in [9.17, 15) is 29.5 Å². The minimum Gasteiger partial charge on any atom is -0.482 e. The molecule has 348 valence electrons. The Hall–Kier alpha value is -8.65. The van der Waals surface area contributed by atoms with Gasteiger partial charge in [0.05, 0.1) is 29.7 Å². The molecule has 0 saturated heterocycles. The number of ether oxygens (including phenoxy) is 4. The van der Waals surface area contributed by atoms with Gasteiger partial charge in [0.2, 0.25) is 11.6 Å². The second-order valence-electron chi connectivity index (χ2n) is 16.2. The van der Waals surface area contributed by atoms with Crippen LogP contribution in [0.3, 0.4) is 0 Å². The number of carboxylic acid groups (broad SMARTS) is 1. The molecular formula is C52H39F3N4O10. The van der Waals surface area contributed by atoms with Crippen LogP contribution in [0.15, 0.2) is 132 Å². The maximum Gasteiger partial charge on any atom is 0.413 e. The van der Waals surface area contributed by atoms with Gasteiger partial charge in [-0.25, -0.2) is 27.6 Å². The van der Waals surface area contributed by atoms with Crippen LogP contribution in [0, 0.1) is 28.8 Å². The molecular weight excluding hydrogens is 898 g/mol. The number of carbonyl (C=O) groups excluding carboxylic acids is 3. The molecule has 3 heterocycles. The molecule has 2 amide bonds. The van der Waals surface area contributed by atoms with Gasteiger partial charge in [-0.2, -0.15) is 5.26 Å². The standard InChI is InChI=1S/C52H39F3N4O10/c53-34-15-17-44(39(23-34)50-36-11-5-4-10-33(36)18-20-58(50)47(60)26-43-38-12-6-7-13-45(38)69-57-43)66-30-49(63)68-52(41-22-32(27-56)14-16-46(41)65-29-48(61)62)40-24-35(54)25-42(55)37(40)19-21-59(52)51(64)67-28-31-8-2-1-3-9-31/h1-17,22-25,50H,18-21,26,28-30H2,(H,61,62). The minimum absolute atomic E-state index is 0.0500. The largest absolute Gasteiger partial charge is 0.482 e. The van der Waals surface area contributed by atoms with Crippen molar-refractivity contribution in [1.29, 1.82) is 5.26 Å². The summed E-state index contributed by atoms with van der Waals surface area (Å²) in [5, 5.41) is 24.5. The molecule has 6 aromatic carbocycles. The van der Waals surface area contributed by atoms with Crippen LogP contribution in [0.5, 0.6) is 11.5 Å². The van der Waals surface area contributed by atoms with Gasteiger partial charge in [-0.05, 0) is 89.7 Å². The maximum atomic E-state index is 15.9. The zero-order valence-corrected chi connectivity index (χ0v) is 36.4. The minimum atomic E-state index is -2.71. The van der Waals surface area contributed by atoms with Crippen LogP contribution in [-0.4, -0.2) is 70.3 Å². The Morgan fingerprint density at radius 3 is 2.35 bits per heavy atom. The summed E-state index contributed by atoms with van der Waals surface area (Å²) in [6.45, 7) is -2.43. The van der Waals surface area contributed by atoms with E-state index in [0.29, 0.717) is 40.3 Å². The van der Waals surface area contributed by atoms with Crippen molar-refractivity contribution in [2.24, 2.45) is 0 Å². The summed E-state index contributed by atoms with van der Waals surface area (Å²) in [5.41, 5.74) is -0.573. The summed E-state index contributed by atoms with van der Waals surface area (Å²) in [5.74, 6) is -6.29. The van der Waals surface area contributed by atoms with Crippen molar-refractivity contribution in [3.63, 3.8) is 0 Å². The highest BCUT2D eigenvalue weighted by molar-refractivity contribution is 5.87. The van der Waals surface area contributed by atoms with Crippen LogP contribution < -0.4 is 9.47 Å². The molecule has 17 heteroatoms. The number of amides is 2. The fraction of sp³-hybridized carbons (Fsp3) is 0.192. The Bertz CT molecular complexity index is 3180. The van der Waals surface area contributed by atoms with Crippen molar-refractivity contribution in [3.8, 4) is 17.6 Å². The summed E-state index contributed by atoms with van der Waals surface area (Å²) in [6, 6.07) is 32.6. The molecule has 0 saturated carbocycles. The van der Waals surface area contributed by atoms with Crippen LogP contribution in [0.2, 0.25) is 0 Å². The fourth-order valence-corrected chi connectivity index (χ4v) is 8.97. The Kier molecular flexibility index (Phi) is 12.7. The van der Waals surface area contributed by atoms with E-state index in [1.165, 1.54) is 24.3 Å². The Balaban J connectivity index is 1.11.